The van der Waals surface area contributed by atoms with Crippen LogP contribution in [0.3, 0.4) is 0 Å². The van der Waals surface area contributed by atoms with Gasteiger partial charge in [0.2, 0.25) is 5.91 Å². The van der Waals surface area contributed by atoms with Crippen LogP contribution in [0.5, 0.6) is 0 Å². The minimum Gasteiger partial charge on any atom is -0.341 e. The van der Waals surface area contributed by atoms with Crippen molar-refractivity contribution in [2.24, 2.45) is 0 Å². The van der Waals surface area contributed by atoms with E-state index in [1.165, 1.54) is 4.90 Å². The first-order valence-corrected chi connectivity index (χ1v) is 5.46. The monoisotopic (exact) mass is 262 g/mol. The predicted octanol–water partition coefficient (Wildman–Crippen LogP) is 2.65. The van der Waals surface area contributed by atoms with E-state index in [0.29, 0.717) is 6.54 Å². The lowest BCUT2D eigenvalue weighted by atomic mass is 10.2. The molecule has 0 unspecified atom stereocenters. The summed E-state index contributed by atoms with van der Waals surface area (Å²) in [5.74, 6) is -0.367. The highest BCUT2D eigenvalue weighted by Gasteiger charge is 2.26. The zero-order valence-corrected chi connectivity index (χ0v) is 10.1. The average Bonchev–Trinajstić information content (AvgIpc) is 2.26. The van der Waals surface area contributed by atoms with Crippen molar-refractivity contribution >= 4 is 17.5 Å². The fourth-order valence-electron chi connectivity index (χ4n) is 1.29. The first kappa shape index (κ1) is 13.8. The topological polar surface area (TPSA) is 33.2 Å². The van der Waals surface area contributed by atoms with Gasteiger partial charge in [0.05, 0.1) is 0 Å². The molecule has 0 bridgehead atoms. The summed E-state index contributed by atoms with van der Waals surface area (Å²) in [5, 5.41) is -3.31. The van der Waals surface area contributed by atoms with Crippen molar-refractivity contribution in [2.75, 3.05) is 7.05 Å². The van der Waals surface area contributed by atoms with E-state index in [9.17, 15) is 13.6 Å². The molecular weight excluding hydrogens is 250 g/mol. The average molecular weight is 263 g/mol. The largest absolute Gasteiger partial charge is 0.341 e. The Hall–Kier alpha value is -1.23. The third-order valence-corrected chi connectivity index (χ3v) is 2.38. The van der Waals surface area contributed by atoms with Crippen LogP contribution >= 0.6 is 11.6 Å². The lowest BCUT2D eigenvalue weighted by Gasteiger charge is -2.17. The van der Waals surface area contributed by atoms with E-state index >= 15 is 0 Å². The van der Waals surface area contributed by atoms with Crippen LogP contribution in [-0.2, 0) is 11.3 Å². The molecule has 1 rings (SSSR count). The standard InChI is InChI=1S/C11H13ClF2N2O/c1-16(8-9-3-2-6-15-7-9)10(17)4-5-11(12,13)14/h2-3,6-7H,4-5,8H2,1H3. The normalized spacial score (nSPS) is 11.3. The van der Waals surface area contributed by atoms with E-state index in [0.717, 1.165) is 5.56 Å². The van der Waals surface area contributed by atoms with Crippen LogP contribution in [0.25, 0.3) is 0 Å². The summed E-state index contributed by atoms with van der Waals surface area (Å²) in [5.41, 5.74) is 0.848. The van der Waals surface area contributed by atoms with Crippen LogP contribution in [-0.4, -0.2) is 28.2 Å². The first-order chi connectivity index (χ1) is 7.88. The second-order valence-corrected chi connectivity index (χ2v) is 4.28. The number of carbonyl (C=O) groups is 1. The molecule has 0 spiro atoms. The molecule has 0 radical (unpaired) electrons. The van der Waals surface area contributed by atoms with Gasteiger partial charge in [-0.05, 0) is 23.2 Å². The van der Waals surface area contributed by atoms with Crippen LogP contribution < -0.4 is 0 Å². The van der Waals surface area contributed by atoms with Crippen molar-refractivity contribution in [3.05, 3.63) is 30.1 Å². The molecule has 94 valence electrons. The molecule has 6 heteroatoms. The van der Waals surface area contributed by atoms with Crippen molar-refractivity contribution < 1.29 is 13.6 Å². The van der Waals surface area contributed by atoms with Crippen LogP contribution in [0.1, 0.15) is 18.4 Å². The molecule has 0 aliphatic carbocycles. The number of carbonyl (C=O) groups excluding carboxylic acids is 1. The second kappa shape index (κ2) is 5.91. The van der Waals surface area contributed by atoms with Gasteiger partial charge in [0.15, 0.2) is 0 Å². The summed E-state index contributed by atoms with van der Waals surface area (Å²) in [4.78, 5) is 16.8. The van der Waals surface area contributed by atoms with E-state index in [4.69, 9.17) is 11.6 Å². The Morgan fingerprint density at radius 2 is 2.29 bits per heavy atom. The van der Waals surface area contributed by atoms with Gasteiger partial charge >= 0.3 is 5.38 Å². The highest BCUT2D eigenvalue weighted by molar-refractivity contribution is 6.21. The van der Waals surface area contributed by atoms with Gasteiger partial charge in [0.25, 0.3) is 0 Å². The maximum atomic E-state index is 12.4. The lowest BCUT2D eigenvalue weighted by molar-refractivity contribution is -0.131. The molecule has 1 heterocycles. The number of hydrogen-bond donors (Lipinski definition) is 0. The molecule has 0 saturated carbocycles. The van der Waals surface area contributed by atoms with E-state index in [1.807, 2.05) is 6.07 Å². The van der Waals surface area contributed by atoms with Gasteiger partial charge < -0.3 is 4.90 Å². The molecule has 17 heavy (non-hydrogen) atoms. The molecule has 1 amide bonds. The van der Waals surface area contributed by atoms with Crippen LogP contribution in [0.15, 0.2) is 24.5 Å². The summed E-state index contributed by atoms with van der Waals surface area (Å²) < 4.78 is 24.7. The Morgan fingerprint density at radius 3 is 2.82 bits per heavy atom. The van der Waals surface area contributed by atoms with Crippen molar-refractivity contribution in [3.8, 4) is 0 Å². The number of amides is 1. The van der Waals surface area contributed by atoms with Crippen LogP contribution in [0.2, 0.25) is 0 Å². The third kappa shape index (κ3) is 5.58. The Morgan fingerprint density at radius 1 is 1.59 bits per heavy atom. The van der Waals surface area contributed by atoms with E-state index in [2.05, 4.69) is 4.98 Å². The quantitative estimate of drug-likeness (QED) is 0.765. The molecule has 1 aromatic heterocycles. The Labute approximate surface area is 103 Å². The summed E-state index contributed by atoms with van der Waals surface area (Å²) in [6.45, 7) is 0.348. The minimum atomic E-state index is -3.31. The smallest absolute Gasteiger partial charge is 0.322 e. The van der Waals surface area contributed by atoms with Gasteiger partial charge in [0.1, 0.15) is 0 Å². The zero-order valence-electron chi connectivity index (χ0n) is 9.37. The van der Waals surface area contributed by atoms with Gasteiger partial charge in [-0.2, -0.15) is 8.78 Å². The van der Waals surface area contributed by atoms with Crippen molar-refractivity contribution in [2.45, 2.75) is 24.8 Å². The van der Waals surface area contributed by atoms with Crippen molar-refractivity contribution in [3.63, 3.8) is 0 Å². The van der Waals surface area contributed by atoms with Gasteiger partial charge in [-0.1, -0.05) is 6.07 Å². The maximum absolute atomic E-state index is 12.4. The molecule has 0 aliphatic heterocycles. The fourth-order valence-corrected chi connectivity index (χ4v) is 1.39. The third-order valence-electron chi connectivity index (χ3n) is 2.19. The summed E-state index contributed by atoms with van der Waals surface area (Å²) in [6, 6.07) is 3.56. The molecule has 0 saturated heterocycles. The number of aromatic nitrogens is 1. The molecule has 0 N–H and O–H groups in total. The van der Waals surface area contributed by atoms with Crippen LogP contribution in [0, 0.1) is 0 Å². The molecule has 0 fully saturated rings. The molecule has 0 atom stereocenters. The highest BCUT2D eigenvalue weighted by atomic mass is 35.5. The van der Waals surface area contributed by atoms with E-state index in [-0.39, 0.29) is 12.3 Å². The number of alkyl halides is 3. The first-order valence-electron chi connectivity index (χ1n) is 5.08. The number of rotatable bonds is 5. The predicted molar refractivity (Wildman–Crippen MR) is 60.7 cm³/mol. The fraction of sp³-hybridized carbons (Fsp3) is 0.455. The molecule has 0 aliphatic rings. The Balaban J connectivity index is 2.43. The summed E-state index contributed by atoms with van der Waals surface area (Å²) >= 11 is 4.73. The Bertz CT molecular complexity index is 367. The van der Waals surface area contributed by atoms with Gasteiger partial charge in [-0.3, -0.25) is 9.78 Å². The number of pyridine rings is 1. The van der Waals surface area contributed by atoms with Crippen molar-refractivity contribution in [1.82, 2.24) is 9.88 Å². The summed E-state index contributed by atoms with van der Waals surface area (Å²) in [7, 11) is 1.56. The van der Waals surface area contributed by atoms with Gasteiger partial charge in [-0.25, -0.2) is 0 Å². The number of halogens is 3. The zero-order chi connectivity index (χ0) is 12.9. The second-order valence-electron chi connectivity index (χ2n) is 3.73. The lowest BCUT2D eigenvalue weighted by Crippen LogP contribution is -2.27. The van der Waals surface area contributed by atoms with Gasteiger partial charge in [0, 0.05) is 38.8 Å². The highest BCUT2D eigenvalue weighted by Crippen LogP contribution is 2.25. The van der Waals surface area contributed by atoms with E-state index < -0.39 is 11.8 Å². The SMILES string of the molecule is CN(Cc1cccnc1)C(=O)CCC(F)(F)Cl. The molecule has 0 aromatic carbocycles. The molecular formula is C11H13ClF2N2O. The Kier molecular flexibility index (Phi) is 4.81. The molecule has 1 aromatic rings. The van der Waals surface area contributed by atoms with Gasteiger partial charge in [-0.15, -0.1) is 0 Å². The van der Waals surface area contributed by atoms with Crippen LogP contribution in [0.4, 0.5) is 8.78 Å². The number of nitrogens with zero attached hydrogens (tertiary/aromatic N) is 2. The maximum Gasteiger partial charge on any atom is 0.322 e. The summed E-state index contributed by atoms with van der Waals surface area (Å²) in [6.07, 6.45) is 2.33. The van der Waals surface area contributed by atoms with E-state index in [1.54, 1.807) is 25.5 Å². The van der Waals surface area contributed by atoms with Crippen molar-refractivity contribution in [1.29, 1.82) is 0 Å². The molecule has 3 nitrogen and oxygen atoms in total. The number of hydrogen-bond acceptors (Lipinski definition) is 2. The minimum absolute atomic E-state index is 0.271.